The van der Waals surface area contributed by atoms with Crippen LogP contribution in [0.5, 0.6) is 0 Å². The van der Waals surface area contributed by atoms with E-state index in [1.807, 2.05) is 12.3 Å². The fourth-order valence-electron chi connectivity index (χ4n) is 2.23. The zero-order valence-electron chi connectivity index (χ0n) is 13.9. The van der Waals surface area contributed by atoms with Gasteiger partial charge in [0.25, 0.3) is 5.91 Å². The molecule has 0 radical (unpaired) electrons. The third-order valence-corrected chi connectivity index (χ3v) is 6.56. The monoisotopic (exact) mass is 367 g/mol. The Bertz CT molecular complexity index is 794. The largest absolute Gasteiger partial charge is 0.346 e. The van der Waals surface area contributed by atoms with Gasteiger partial charge >= 0.3 is 0 Å². The van der Waals surface area contributed by atoms with Crippen LogP contribution in [0.2, 0.25) is 0 Å². The van der Waals surface area contributed by atoms with Crippen LogP contribution in [-0.2, 0) is 16.6 Å². The average Bonchev–Trinajstić information content (AvgIpc) is 2.99. The van der Waals surface area contributed by atoms with Crippen molar-refractivity contribution in [3.8, 4) is 0 Å². The highest BCUT2D eigenvalue weighted by Crippen LogP contribution is 2.16. The Balaban J connectivity index is 2.07. The molecule has 2 rings (SSSR count). The lowest BCUT2D eigenvalue weighted by atomic mass is 10.2. The molecule has 0 spiro atoms. The number of amides is 1. The van der Waals surface area contributed by atoms with Crippen molar-refractivity contribution in [3.63, 3.8) is 0 Å². The summed E-state index contributed by atoms with van der Waals surface area (Å²) in [4.78, 5) is 16.6. The fourth-order valence-corrected chi connectivity index (χ4v) is 4.40. The van der Waals surface area contributed by atoms with E-state index in [0.29, 0.717) is 25.2 Å². The van der Waals surface area contributed by atoms with E-state index in [4.69, 9.17) is 0 Å². The summed E-state index contributed by atoms with van der Waals surface area (Å²) in [7, 11) is -3.50. The predicted molar refractivity (Wildman–Crippen MR) is 94.6 cm³/mol. The van der Waals surface area contributed by atoms with Gasteiger partial charge < -0.3 is 5.32 Å². The molecule has 130 valence electrons. The van der Waals surface area contributed by atoms with Crippen LogP contribution in [0, 0.1) is 6.92 Å². The van der Waals surface area contributed by atoms with E-state index in [-0.39, 0.29) is 10.8 Å². The number of rotatable bonds is 7. The molecule has 0 bridgehead atoms. The van der Waals surface area contributed by atoms with Gasteiger partial charge in [-0.2, -0.15) is 4.31 Å². The van der Waals surface area contributed by atoms with Crippen molar-refractivity contribution in [2.75, 3.05) is 13.1 Å². The second-order valence-corrected chi connectivity index (χ2v) is 8.06. The second kappa shape index (κ2) is 7.87. The number of aromatic nitrogens is 1. The highest BCUT2D eigenvalue weighted by Gasteiger charge is 2.21. The number of carbonyl (C=O) groups excluding carboxylic acids is 1. The number of hydrogen-bond donors (Lipinski definition) is 1. The molecule has 0 fully saturated rings. The van der Waals surface area contributed by atoms with Gasteiger partial charge in [0, 0.05) is 29.7 Å². The van der Waals surface area contributed by atoms with Gasteiger partial charge in [-0.1, -0.05) is 13.8 Å². The molecule has 0 saturated heterocycles. The molecule has 0 atom stereocenters. The Morgan fingerprint density at radius 1 is 1.21 bits per heavy atom. The molecule has 24 heavy (non-hydrogen) atoms. The van der Waals surface area contributed by atoms with E-state index in [9.17, 15) is 13.2 Å². The third-order valence-electron chi connectivity index (χ3n) is 3.53. The number of sulfonamides is 1. The number of hydrogen-bond acceptors (Lipinski definition) is 5. The summed E-state index contributed by atoms with van der Waals surface area (Å²) in [5.41, 5.74) is 1.34. The lowest BCUT2D eigenvalue weighted by Crippen LogP contribution is -2.30. The highest BCUT2D eigenvalue weighted by atomic mass is 32.2. The van der Waals surface area contributed by atoms with Crippen molar-refractivity contribution in [3.05, 3.63) is 45.9 Å². The van der Waals surface area contributed by atoms with E-state index in [0.717, 1.165) is 10.7 Å². The van der Waals surface area contributed by atoms with Crippen LogP contribution >= 0.6 is 11.3 Å². The van der Waals surface area contributed by atoms with E-state index in [1.165, 1.54) is 39.9 Å². The first kappa shape index (κ1) is 18.6. The van der Waals surface area contributed by atoms with Gasteiger partial charge in [-0.15, -0.1) is 11.3 Å². The molecule has 1 aromatic heterocycles. The first-order valence-electron chi connectivity index (χ1n) is 7.68. The fraction of sp³-hybridized carbons (Fsp3) is 0.375. The summed E-state index contributed by atoms with van der Waals surface area (Å²) < 4.78 is 26.2. The molecule has 0 unspecified atom stereocenters. The number of aryl methyl sites for hydroxylation is 1. The van der Waals surface area contributed by atoms with Crippen molar-refractivity contribution in [1.29, 1.82) is 0 Å². The maximum absolute atomic E-state index is 12.4. The Hall–Kier alpha value is -1.77. The summed E-state index contributed by atoms with van der Waals surface area (Å²) in [5, 5.41) is 5.54. The Morgan fingerprint density at radius 2 is 1.83 bits per heavy atom. The lowest BCUT2D eigenvalue weighted by Gasteiger charge is -2.18. The molecular weight excluding hydrogens is 346 g/mol. The lowest BCUT2D eigenvalue weighted by molar-refractivity contribution is 0.0950. The molecule has 0 aliphatic heterocycles. The van der Waals surface area contributed by atoms with E-state index in [1.54, 1.807) is 13.8 Å². The Morgan fingerprint density at radius 3 is 2.33 bits per heavy atom. The molecule has 0 aliphatic carbocycles. The summed E-state index contributed by atoms with van der Waals surface area (Å²) >= 11 is 1.49. The molecule has 1 amide bonds. The Kier molecular flexibility index (Phi) is 6.09. The second-order valence-electron chi connectivity index (χ2n) is 5.18. The SMILES string of the molecule is CCN(CC)S(=O)(=O)c1ccc(C(=O)NCc2nc(C)cs2)cc1. The van der Waals surface area contributed by atoms with E-state index >= 15 is 0 Å². The van der Waals surface area contributed by atoms with Crippen LogP contribution in [0.3, 0.4) is 0 Å². The predicted octanol–water partition coefficient (Wildman–Crippen LogP) is 2.41. The highest BCUT2D eigenvalue weighted by molar-refractivity contribution is 7.89. The quantitative estimate of drug-likeness (QED) is 0.815. The number of carbonyl (C=O) groups is 1. The minimum Gasteiger partial charge on any atom is -0.346 e. The molecular formula is C16H21N3O3S2. The molecule has 0 aliphatic rings. The minimum absolute atomic E-state index is 0.193. The smallest absolute Gasteiger partial charge is 0.251 e. The molecule has 8 heteroatoms. The van der Waals surface area contributed by atoms with Gasteiger partial charge in [-0.3, -0.25) is 4.79 Å². The minimum atomic E-state index is -3.50. The van der Waals surface area contributed by atoms with Crippen molar-refractivity contribution in [2.45, 2.75) is 32.2 Å². The van der Waals surface area contributed by atoms with Gasteiger partial charge in [-0.05, 0) is 31.2 Å². The first-order chi connectivity index (χ1) is 11.4. The maximum Gasteiger partial charge on any atom is 0.251 e. The number of thiazole rings is 1. The van der Waals surface area contributed by atoms with Crippen molar-refractivity contribution < 1.29 is 13.2 Å². The van der Waals surface area contributed by atoms with E-state index < -0.39 is 10.0 Å². The maximum atomic E-state index is 12.4. The summed E-state index contributed by atoms with van der Waals surface area (Å²) in [6.45, 7) is 6.67. The molecule has 0 saturated carbocycles. The van der Waals surface area contributed by atoms with Gasteiger partial charge in [0.1, 0.15) is 5.01 Å². The van der Waals surface area contributed by atoms with Crippen LogP contribution < -0.4 is 5.32 Å². The zero-order valence-corrected chi connectivity index (χ0v) is 15.6. The van der Waals surface area contributed by atoms with Crippen LogP contribution in [-0.4, -0.2) is 36.7 Å². The van der Waals surface area contributed by atoms with Crippen LogP contribution in [0.1, 0.15) is 34.9 Å². The van der Waals surface area contributed by atoms with Crippen molar-refractivity contribution in [1.82, 2.24) is 14.6 Å². The topological polar surface area (TPSA) is 79.4 Å². The van der Waals surface area contributed by atoms with Crippen molar-refractivity contribution >= 4 is 27.3 Å². The molecule has 1 heterocycles. The molecule has 1 aromatic carbocycles. The summed E-state index contributed by atoms with van der Waals surface area (Å²) in [5.74, 6) is -0.255. The van der Waals surface area contributed by atoms with Gasteiger partial charge in [0.2, 0.25) is 10.0 Å². The number of benzene rings is 1. The number of nitrogens with zero attached hydrogens (tertiary/aromatic N) is 2. The summed E-state index contributed by atoms with van der Waals surface area (Å²) in [6, 6.07) is 5.99. The molecule has 2 aromatic rings. The third kappa shape index (κ3) is 4.19. The van der Waals surface area contributed by atoms with Gasteiger partial charge in [0.05, 0.1) is 11.4 Å². The normalized spacial score (nSPS) is 11.7. The summed E-state index contributed by atoms with van der Waals surface area (Å²) in [6.07, 6.45) is 0. The van der Waals surface area contributed by atoms with Crippen molar-refractivity contribution in [2.24, 2.45) is 0 Å². The first-order valence-corrected chi connectivity index (χ1v) is 9.99. The van der Waals surface area contributed by atoms with Crippen LogP contribution in [0.4, 0.5) is 0 Å². The average molecular weight is 367 g/mol. The van der Waals surface area contributed by atoms with Crippen LogP contribution in [0.15, 0.2) is 34.5 Å². The molecule has 6 nitrogen and oxygen atoms in total. The Labute approximate surface area is 146 Å². The zero-order chi connectivity index (χ0) is 17.7. The standard InChI is InChI=1S/C16H21N3O3S2/c1-4-19(5-2)24(21,22)14-8-6-13(7-9-14)16(20)17-10-15-18-12(3)11-23-15/h6-9,11H,4-5,10H2,1-3H3,(H,17,20). The van der Waals surface area contributed by atoms with E-state index in [2.05, 4.69) is 10.3 Å². The van der Waals surface area contributed by atoms with Crippen LogP contribution in [0.25, 0.3) is 0 Å². The van der Waals surface area contributed by atoms with Gasteiger partial charge in [0.15, 0.2) is 0 Å². The number of nitrogens with one attached hydrogen (secondary N) is 1. The van der Waals surface area contributed by atoms with Gasteiger partial charge in [-0.25, -0.2) is 13.4 Å². The molecule has 1 N–H and O–H groups in total.